The standard InChI is InChI=1S/C12H14N2O3/c1-3-17-12(16)9-7-13-10-8(2)5-4-6-14(10)11(9)15/h4-7,11,15H,3H2,1-2H3. The predicted octanol–water partition coefficient (Wildman–Crippen LogP) is 0.940. The Labute approximate surface area is 99.4 Å². The summed E-state index contributed by atoms with van der Waals surface area (Å²) in [6.07, 6.45) is 5.70. The van der Waals surface area contributed by atoms with Gasteiger partial charge in [0.2, 0.25) is 0 Å². The number of hydrogen-bond donors (Lipinski definition) is 1. The minimum absolute atomic E-state index is 0.148. The van der Waals surface area contributed by atoms with Gasteiger partial charge in [-0.25, -0.2) is 9.79 Å². The number of aliphatic hydroxyl groups excluding tert-OH is 1. The number of fused-ring (bicyclic) bond motifs is 1. The van der Waals surface area contributed by atoms with E-state index in [1.165, 1.54) is 6.20 Å². The predicted molar refractivity (Wildman–Crippen MR) is 62.9 cm³/mol. The summed E-state index contributed by atoms with van der Waals surface area (Å²) in [5.41, 5.74) is 1.08. The van der Waals surface area contributed by atoms with Crippen LogP contribution in [0, 0.1) is 0 Å². The van der Waals surface area contributed by atoms with Crippen molar-refractivity contribution < 1.29 is 14.6 Å². The van der Waals surface area contributed by atoms with Crippen LogP contribution in [0.15, 0.2) is 40.7 Å². The number of aliphatic imine (C=N–C) groups is 1. The Hall–Kier alpha value is -1.88. The van der Waals surface area contributed by atoms with Crippen LogP contribution < -0.4 is 0 Å². The van der Waals surface area contributed by atoms with Gasteiger partial charge in [-0.3, -0.25) is 0 Å². The second-order valence-corrected chi connectivity index (χ2v) is 3.73. The quantitative estimate of drug-likeness (QED) is 0.722. The normalized spacial score (nSPS) is 22.4. The molecule has 0 saturated heterocycles. The van der Waals surface area contributed by atoms with Crippen molar-refractivity contribution >= 4 is 11.8 Å². The van der Waals surface area contributed by atoms with Crippen molar-refractivity contribution in [3.8, 4) is 0 Å². The Morgan fingerprint density at radius 2 is 2.41 bits per heavy atom. The maximum absolute atomic E-state index is 11.6. The first-order valence-electron chi connectivity index (χ1n) is 5.42. The number of carbonyl (C=O) groups excluding carboxylic acids is 1. The Bertz CT molecular complexity index is 460. The zero-order chi connectivity index (χ0) is 12.4. The maximum atomic E-state index is 11.6. The molecular formula is C12H14N2O3. The first-order valence-corrected chi connectivity index (χ1v) is 5.42. The highest BCUT2D eigenvalue weighted by Gasteiger charge is 2.31. The molecule has 5 heteroatoms. The van der Waals surface area contributed by atoms with Gasteiger partial charge in [-0.15, -0.1) is 0 Å². The lowest BCUT2D eigenvalue weighted by molar-refractivity contribution is -0.140. The summed E-state index contributed by atoms with van der Waals surface area (Å²) in [7, 11) is 0. The van der Waals surface area contributed by atoms with Crippen LogP contribution in [-0.2, 0) is 9.53 Å². The molecule has 2 heterocycles. The number of ether oxygens (including phenoxy) is 1. The molecule has 0 fully saturated rings. The third kappa shape index (κ3) is 2.01. The third-order valence-electron chi connectivity index (χ3n) is 2.57. The van der Waals surface area contributed by atoms with E-state index < -0.39 is 12.2 Å². The minimum Gasteiger partial charge on any atom is -0.462 e. The fourth-order valence-electron chi connectivity index (χ4n) is 1.71. The molecule has 0 aromatic carbocycles. The molecule has 0 amide bonds. The molecule has 0 radical (unpaired) electrons. The van der Waals surface area contributed by atoms with Crippen LogP contribution in [0.25, 0.3) is 0 Å². The van der Waals surface area contributed by atoms with Crippen LogP contribution in [0.3, 0.4) is 0 Å². The van der Waals surface area contributed by atoms with E-state index in [0.717, 1.165) is 5.57 Å². The number of amidine groups is 1. The summed E-state index contributed by atoms with van der Waals surface area (Å²) in [5.74, 6) is 0.108. The minimum atomic E-state index is -1.04. The monoisotopic (exact) mass is 234 g/mol. The topological polar surface area (TPSA) is 62.1 Å². The molecule has 0 spiro atoms. The smallest absolute Gasteiger partial charge is 0.340 e. The van der Waals surface area contributed by atoms with Crippen molar-refractivity contribution in [2.45, 2.75) is 20.1 Å². The fourth-order valence-corrected chi connectivity index (χ4v) is 1.71. The van der Waals surface area contributed by atoms with Crippen molar-refractivity contribution in [2.24, 2.45) is 4.99 Å². The molecule has 90 valence electrons. The molecule has 2 aliphatic rings. The summed E-state index contributed by atoms with van der Waals surface area (Å²) >= 11 is 0. The lowest BCUT2D eigenvalue weighted by Gasteiger charge is -2.32. The van der Waals surface area contributed by atoms with Crippen LogP contribution >= 0.6 is 0 Å². The van der Waals surface area contributed by atoms with E-state index in [2.05, 4.69) is 4.99 Å². The third-order valence-corrected chi connectivity index (χ3v) is 2.57. The van der Waals surface area contributed by atoms with Gasteiger partial charge in [0.05, 0.1) is 6.61 Å². The number of rotatable bonds is 2. The lowest BCUT2D eigenvalue weighted by atomic mass is 10.1. The van der Waals surface area contributed by atoms with E-state index in [1.54, 1.807) is 24.1 Å². The van der Waals surface area contributed by atoms with Crippen LogP contribution in [-0.4, -0.2) is 34.6 Å². The Morgan fingerprint density at radius 3 is 3.12 bits per heavy atom. The Balaban J connectivity index is 2.31. The largest absolute Gasteiger partial charge is 0.462 e. The van der Waals surface area contributed by atoms with E-state index in [4.69, 9.17) is 4.74 Å². The molecule has 1 N–H and O–H groups in total. The zero-order valence-electron chi connectivity index (χ0n) is 9.75. The molecule has 1 unspecified atom stereocenters. The number of hydrogen-bond acceptors (Lipinski definition) is 5. The molecule has 17 heavy (non-hydrogen) atoms. The number of allylic oxidation sites excluding steroid dienone is 2. The summed E-state index contributed by atoms with van der Waals surface area (Å²) in [6, 6.07) is 0. The molecule has 0 saturated carbocycles. The Morgan fingerprint density at radius 1 is 1.65 bits per heavy atom. The van der Waals surface area contributed by atoms with Crippen molar-refractivity contribution in [1.29, 1.82) is 0 Å². The van der Waals surface area contributed by atoms with Gasteiger partial charge in [0, 0.05) is 12.4 Å². The highest BCUT2D eigenvalue weighted by Crippen LogP contribution is 2.22. The molecular weight excluding hydrogens is 220 g/mol. The van der Waals surface area contributed by atoms with Crippen LogP contribution in [0.1, 0.15) is 13.8 Å². The Kier molecular flexibility index (Phi) is 3.10. The second-order valence-electron chi connectivity index (χ2n) is 3.73. The average molecular weight is 234 g/mol. The molecule has 5 nitrogen and oxygen atoms in total. The molecule has 0 bridgehead atoms. The zero-order valence-corrected chi connectivity index (χ0v) is 9.75. The van der Waals surface area contributed by atoms with Crippen LogP contribution in [0.4, 0.5) is 0 Å². The summed E-state index contributed by atoms with van der Waals surface area (Å²) < 4.78 is 4.86. The van der Waals surface area contributed by atoms with Gasteiger partial charge in [-0.05, 0) is 25.5 Å². The number of aliphatic hydroxyl groups is 1. The van der Waals surface area contributed by atoms with Gasteiger partial charge >= 0.3 is 5.97 Å². The number of esters is 1. The lowest BCUT2D eigenvalue weighted by Crippen LogP contribution is -2.43. The van der Waals surface area contributed by atoms with Gasteiger partial charge in [-0.2, -0.15) is 0 Å². The number of carbonyl (C=O) groups is 1. The highest BCUT2D eigenvalue weighted by molar-refractivity contribution is 6.03. The van der Waals surface area contributed by atoms with Crippen molar-refractivity contribution in [2.75, 3.05) is 6.61 Å². The molecule has 0 aromatic heterocycles. The van der Waals surface area contributed by atoms with Gasteiger partial charge in [0.25, 0.3) is 0 Å². The van der Waals surface area contributed by atoms with E-state index in [9.17, 15) is 9.90 Å². The molecule has 2 rings (SSSR count). The molecule has 1 atom stereocenters. The fraction of sp³-hybridized carbons (Fsp3) is 0.333. The van der Waals surface area contributed by atoms with Gasteiger partial charge in [-0.1, -0.05) is 6.08 Å². The molecule has 0 aliphatic carbocycles. The van der Waals surface area contributed by atoms with Crippen LogP contribution in [0.5, 0.6) is 0 Å². The molecule has 2 aliphatic heterocycles. The van der Waals surface area contributed by atoms with Gasteiger partial charge in [0.1, 0.15) is 11.4 Å². The SMILES string of the molecule is CCOC(=O)C1=CN=C2C(C)=CC=CN2C1O. The molecule has 0 aromatic rings. The first-order chi connectivity index (χ1) is 8.15. The second kappa shape index (κ2) is 4.55. The van der Waals surface area contributed by atoms with Gasteiger partial charge in [0.15, 0.2) is 6.23 Å². The van der Waals surface area contributed by atoms with Gasteiger partial charge < -0.3 is 14.7 Å². The van der Waals surface area contributed by atoms with Crippen molar-refractivity contribution in [3.63, 3.8) is 0 Å². The number of nitrogens with zero attached hydrogens (tertiary/aromatic N) is 2. The van der Waals surface area contributed by atoms with Crippen molar-refractivity contribution in [1.82, 2.24) is 4.90 Å². The van der Waals surface area contributed by atoms with E-state index in [-0.39, 0.29) is 12.2 Å². The highest BCUT2D eigenvalue weighted by atomic mass is 16.5. The van der Waals surface area contributed by atoms with Crippen molar-refractivity contribution in [3.05, 3.63) is 35.7 Å². The summed E-state index contributed by atoms with van der Waals surface area (Å²) in [4.78, 5) is 17.3. The average Bonchev–Trinajstić information content (AvgIpc) is 2.31. The first kappa shape index (κ1) is 11.6. The van der Waals surface area contributed by atoms with E-state index in [0.29, 0.717) is 5.84 Å². The summed E-state index contributed by atoms with van der Waals surface area (Å²) in [6.45, 7) is 3.88. The van der Waals surface area contributed by atoms with E-state index in [1.807, 2.05) is 13.0 Å². The maximum Gasteiger partial charge on any atom is 0.340 e. The summed E-state index contributed by atoms with van der Waals surface area (Å²) in [5, 5.41) is 10.1. The van der Waals surface area contributed by atoms with E-state index >= 15 is 0 Å². The van der Waals surface area contributed by atoms with Crippen LogP contribution in [0.2, 0.25) is 0 Å².